The van der Waals surface area contributed by atoms with Crippen LogP contribution < -0.4 is 5.32 Å². The fourth-order valence-electron chi connectivity index (χ4n) is 4.81. The van der Waals surface area contributed by atoms with E-state index < -0.39 is 0 Å². The number of allylic oxidation sites excluding steroid dienone is 1. The summed E-state index contributed by atoms with van der Waals surface area (Å²) in [6, 6.07) is 8.45. The summed E-state index contributed by atoms with van der Waals surface area (Å²) in [6.45, 7) is 2.13. The highest BCUT2D eigenvalue weighted by Gasteiger charge is 2.21. The van der Waals surface area contributed by atoms with Gasteiger partial charge >= 0.3 is 0 Å². The van der Waals surface area contributed by atoms with E-state index in [0.717, 1.165) is 65.6 Å². The second kappa shape index (κ2) is 8.46. The Hall–Kier alpha value is -3.91. The highest BCUT2D eigenvalue weighted by Crippen LogP contribution is 2.33. The minimum absolute atomic E-state index is 0. The molecule has 0 saturated carbocycles. The fraction of sp³-hybridized carbons (Fsp3) is 0.269. The first-order valence-corrected chi connectivity index (χ1v) is 11.6. The van der Waals surface area contributed by atoms with Crippen molar-refractivity contribution in [3.8, 4) is 0 Å². The number of carbonyl (C=O) groups is 1. The van der Waals surface area contributed by atoms with Gasteiger partial charge in [-0.3, -0.25) is 14.5 Å². The van der Waals surface area contributed by atoms with Crippen molar-refractivity contribution < 1.29 is 6.22 Å². The second-order valence-electron chi connectivity index (χ2n) is 9.03. The molecule has 34 heavy (non-hydrogen) atoms. The zero-order valence-electron chi connectivity index (χ0n) is 19.0. The number of nitrogens with one attached hydrogen (secondary N) is 1. The number of piperidine rings is 1. The van der Waals surface area contributed by atoms with Crippen molar-refractivity contribution in [2.45, 2.75) is 25.3 Å². The van der Waals surface area contributed by atoms with E-state index in [0.29, 0.717) is 17.3 Å². The maximum Gasteiger partial charge on any atom is 0.257 e. The topological polar surface area (TPSA) is 88.8 Å². The van der Waals surface area contributed by atoms with Crippen LogP contribution in [0, 0.1) is 0 Å². The first kappa shape index (κ1) is 20.7. The number of carbonyl (C=O) groups excluding carboxylic acids is 1. The Bertz CT molecular complexity index is 1420. The van der Waals surface area contributed by atoms with Crippen LogP contribution in [0.4, 0.5) is 5.69 Å². The van der Waals surface area contributed by atoms with Crippen molar-refractivity contribution in [3.63, 3.8) is 0 Å². The third kappa shape index (κ3) is 3.86. The number of pyridine rings is 1. The standard InChI is InChI=1S/C26H25N7O.H2/c1-32-8-6-21(7-9-32)33-15-20(14-30-33)31-26(34)19-11-23-22(3-5-25(23)28-13-19)17-2-4-24-18(10-17)12-27-16-29-24;/h2-4,10-16,21H,5-9H2,1H3,(H,31,34);1H. The van der Waals surface area contributed by atoms with Gasteiger partial charge in [0.25, 0.3) is 5.91 Å². The lowest BCUT2D eigenvalue weighted by Crippen LogP contribution is -2.31. The Kier molecular flexibility index (Phi) is 5.15. The molecule has 4 aromatic rings. The monoisotopic (exact) mass is 453 g/mol. The third-order valence-corrected chi connectivity index (χ3v) is 6.76. The molecule has 4 heterocycles. The molecule has 0 radical (unpaired) electrons. The van der Waals surface area contributed by atoms with E-state index >= 15 is 0 Å². The summed E-state index contributed by atoms with van der Waals surface area (Å²) in [6.07, 6.45) is 13.7. The number of anilines is 1. The molecule has 1 aliphatic heterocycles. The Morgan fingerprint density at radius 3 is 2.88 bits per heavy atom. The predicted octanol–water partition coefficient (Wildman–Crippen LogP) is 3.97. The van der Waals surface area contributed by atoms with Crippen LogP contribution >= 0.6 is 0 Å². The molecule has 1 amide bonds. The quantitative estimate of drug-likeness (QED) is 0.503. The molecule has 172 valence electrons. The van der Waals surface area contributed by atoms with Crippen molar-refractivity contribution in [2.24, 2.45) is 0 Å². The maximum atomic E-state index is 13.0. The summed E-state index contributed by atoms with van der Waals surface area (Å²) in [5.41, 5.74) is 6.26. The Morgan fingerprint density at radius 1 is 1.12 bits per heavy atom. The summed E-state index contributed by atoms with van der Waals surface area (Å²) >= 11 is 0. The lowest BCUT2D eigenvalue weighted by Gasteiger charge is -2.28. The number of benzene rings is 1. The summed E-state index contributed by atoms with van der Waals surface area (Å²) in [4.78, 5) is 28.4. The van der Waals surface area contributed by atoms with Crippen molar-refractivity contribution in [3.05, 3.63) is 83.8 Å². The van der Waals surface area contributed by atoms with Gasteiger partial charge in [0.2, 0.25) is 0 Å². The number of amides is 1. The van der Waals surface area contributed by atoms with E-state index in [9.17, 15) is 4.79 Å². The summed E-state index contributed by atoms with van der Waals surface area (Å²) in [5, 5.41) is 8.47. The fourth-order valence-corrected chi connectivity index (χ4v) is 4.81. The number of likely N-dealkylation sites (tertiary alicyclic amines) is 1. The highest BCUT2D eigenvalue weighted by molar-refractivity contribution is 6.05. The van der Waals surface area contributed by atoms with Gasteiger partial charge in [0, 0.05) is 37.4 Å². The van der Waals surface area contributed by atoms with Crippen molar-refractivity contribution in [1.82, 2.24) is 29.6 Å². The van der Waals surface area contributed by atoms with Crippen LogP contribution in [0.2, 0.25) is 0 Å². The first-order chi connectivity index (χ1) is 16.6. The van der Waals surface area contributed by atoms with Crippen molar-refractivity contribution in [2.75, 3.05) is 25.5 Å². The molecule has 1 aliphatic carbocycles. The zero-order valence-corrected chi connectivity index (χ0v) is 19.0. The van der Waals surface area contributed by atoms with Crippen LogP contribution in [-0.2, 0) is 6.42 Å². The molecule has 0 spiro atoms. The minimum Gasteiger partial charge on any atom is -0.319 e. The molecule has 1 aromatic carbocycles. The molecule has 6 rings (SSSR count). The number of rotatable bonds is 4. The number of aromatic nitrogens is 5. The van der Waals surface area contributed by atoms with E-state index in [1.54, 1.807) is 18.7 Å². The van der Waals surface area contributed by atoms with Gasteiger partial charge in [-0.25, -0.2) is 9.97 Å². The van der Waals surface area contributed by atoms with Gasteiger partial charge in [-0.2, -0.15) is 5.10 Å². The van der Waals surface area contributed by atoms with Gasteiger partial charge in [-0.1, -0.05) is 12.1 Å². The van der Waals surface area contributed by atoms with Crippen LogP contribution in [0.1, 0.15) is 47.5 Å². The largest absolute Gasteiger partial charge is 0.319 e. The second-order valence-corrected chi connectivity index (χ2v) is 9.03. The predicted molar refractivity (Wildman–Crippen MR) is 133 cm³/mol. The highest BCUT2D eigenvalue weighted by atomic mass is 16.1. The molecule has 1 N–H and O–H groups in total. The summed E-state index contributed by atoms with van der Waals surface area (Å²) in [7, 11) is 2.14. The van der Waals surface area contributed by atoms with Gasteiger partial charge in [-0.15, -0.1) is 0 Å². The van der Waals surface area contributed by atoms with Gasteiger partial charge in [0.15, 0.2) is 0 Å². The van der Waals surface area contributed by atoms with Crippen molar-refractivity contribution >= 4 is 28.1 Å². The molecule has 3 aromatic heterocycles. The number of fused-ring (bicyclic) bond motifs is 2. The van der Waals surface area contributed by atoms with Gasteiger partial charge in [0.1, 0.15) is 6.33 Å². The van der Waals surface area contributed by atoms with E-state index in [-0.39, 0.29) is 7.33 Å². The average Bonchev–Trinajstić information content (AvgIpc) is 3.51. The molecule has 1 fully saturated rings. The molecule has 0 unspecified atom stereocenters. The molecule has 8 heteroatoms. The summed E-state index contributed by atoms with van der Waals surface area (Å²) < 4.78 is 1.98. The number of hydrogen-bond acceptors (Lipinski definition) is 6. The SMILES string of the molecule is CN1CCC(n2cc(NC(=O)c3cnc4c(c3)C(c3ccc5ncncc5c3)=CC4)cn2)CC1.[HH]. The van der Waals surface area contributed by atoms with Crippen LogP contribution in [0.25, 0.3) is 16.5 Å². The lowest BCUT2D eigenvalue weighted by molar-refractivity contribution is 0.102. The minimum atomic E-state index is -0.184. The van der Waals surface area contributed by atoms with Gasteiger partial charge in [-0.05, 0) is 62.3 Å². The van der Waals surface area contributed by atoms with E-state index in [1.807, 2.05) is 29.2 Å². The Balaban J connectivity index is 0.00000253. The molecular formula is C26H27N7O. The zero-order chi connectivity index (χ0) is 23.1. The molecule has 0 bridgehead atoms. The van der Waals surface area contributed by atoms with E-state index in [2.05, 4.69) is 55.5 Å². The van der Waals surface area contributed by atoms with Gasteiger partial charge < -0.3 is 10.2 Å². The Morgan fingerprint density at radius 2 is 2.00 bits per heavy atom. The lowest BCUT2D eigenvalue weighted by atomic mass is 9.98. The van der Waals surface area contributed by atoms with Crippen LogP contribution in [0.15, 0.2) is 61.5 Å². The smallest absolute Gasteiger partial charge is 0.257 e. The van der Waals surface area contributed by atoms with Gasteiger partial charge in [0.05, 0.1) is 34.7 Å². The average molecular weight is 454 g/mol. The van der Waals surface area contributed by atoms with E-state index in [1.165, 1.54) is 0 Å². The normalized spacial score (nSPS) is 16.4. The maximum absolute atomic E-state index is 13.0. The Labute approximate surface area is 198 Å². The summed E-state index contributed by atoms with van der Waals surface area (Å²) in [5.74, 6) is -0.184. The van der Waals surface area contributed by atoms with Crippen LogP contribution in [0.5, 0.6) is 0 Å². The number of nitrogens with zero attached hydrogens (tertiary/aromatic N) is 6. The molecular weight excluding hydrogens is 426 g/mol. The molecule has 2 aliphatic rings. The molecule has 1 saturated heterocycles. The van der Waals surface area contributed by atoms with E-state index in [4.69, 9.17) is 0 Å². The van der Waals surface area contributed by atoms with Crippen LogP contribution in [0.3, 0.4) is 0 Å². The number of hydrogen-bond donors (Lipinski definition) is 1. The molecule has 0 atom stereocenters. The molecule has 8 nitrogen and oxygen atoms in total. The first-order valence-electron chi connectivity index (χ1n) is 11.6. The van der Waals surface area contributed by atoms with Crippen LogP contribution in [-0.4, -0.2) is 55.7 Å². The van der Waals surface area contributed by atoms with Crippen molar-refractivity contribution in [1.29, 1.82) is 0 Å². The third-order valence-electron chi connectivity index (χ3n) is 6.76.